The van der Waals surface area contributed by atoms with Gasteiger partial charge in [0.2, 0.25) is 0 Å². The van der Waals surface area contributed by atoms with Crippen LogP contribution < -0.4 is 5.32 Å². The summed E-state index contributed by atoms with van der Waals surface area (Å²) in [5.74, 6) is -0.167. The zero-order chi connectivity index (χ0) is 10.7. The number of rotatable bonds is 2. The molecule has 0 spiro atoms. The van der Waals surface area contributed by atoms with E-state index in [4.69, 9.17) is 0 Å². The van der Waals surface area contributed by atoms with E-state index in [1.165, 1.54) is 17.7 Å². The summed E-state index contributed by atoms with van der Waals surface area (Å²) in [6.45, 7) is 6.03. The fraction of sp³-hybridized carbons (Fsp3) is 0.500. The molecule has 0 saturated carbocycles. The lowest BCUT2D eigenvalue weighted by atomic mass is 10.1. The second-order valence-corrected chi connectivity index (χ2v) is 3.93. The van der Waals surface area contributed by atoms with Gasteiger partial charge in [-0.05, 0) is 24.6 Å². The maximum Gasteiger partial charge on any atom is 0.123 e. The first-order valence-corrected chi connectivity index (χ1v) is 5.40. The average Bonchev–Trinajstić information content (AvgIpc) is 2.30. The number of nitrogens with zero attached hydrogens (tertiary/aromatic N) is 2. The summed E-state index contributed by atoms with van der Waals surface area (Å²) in [5.41, 5.74) is 1.18. The van der Waals surface area contributed by atoms with Crippen molar-refractivity contribution in [3.8, 4) is 0 Å². The fourth-order valence-electron chi connectivity index (χ4n) is 1.96. The van der Waals surface area contributed by atoms with Crippen molar-refractivity contribution in [2.75, 3.05) is 26.2 Å². The molecule has 1 heterocycles. The van der Waals surface area contributed by atoms with E-state index in [-0.39, 0.29) is 5.82 Å². The van der Waals surface area contributed by atoms with Crippen LogP contribution in [-0.4, -0.2) is 31.1 Å². The Bertz CT molecular complexity index is 304. The lowest BCUT2D eigenvalue weighted by Gasteiger charge is -2.32. The minimum atomic E-state index is -0.167. The van der Waals surface area contributed by atoms with Gasteiger partial charge in [0.1, 0.15) is 5.82 Å². The third-order valence-electron chi connectivity index (χ3n) is 2.99. The van der Waals surface area contributed by atoms with E-state index in [0.29, 0.717) is 6.04 Å². The van der Waals surface area contributed by atoms with Crippen molar-refractivity contribution in [3.63, 3.8) is 0 Å². The highest BCUT2D eigenvalue weighted by Gasteiger charge is 2.17. The molecule has 1 aliphatic heterocycles. The van der Waals surface area contributed by atoms with E-state index < -0.39 is 0 Å². The molecule has 0 aliphatic carbocycles. The molecule has 2 nitrogen and oxygen atoms in total. The van der Waals surface area contributed by atoms with Gasteiger partial charge in [0.25, 0.3) is 0 Å². The second-order valence-electron chi connectivity index (χ2n) is 3.93. The molecule has 0 amide bonds. The van der Waals surface area contributed by atoms with Gasteiger partial charge in [-0.25, -0.2) is 9.71 Å². The quantitative estimate of drug-likeness (QED) is 0.723. The van der Waals surface area contributed by atoms with Gasteiger partial charge in [-0.3, -0.25) is 4.90 Å². The minimum absolute atomic E-state index is 0.167. The van der Waals surface area contributed by atoms with Gasteiger partial charge in [-0.1, -0.05) is 12.1 Å². The molecule has 0 bridgehead atoms. The summed E-state index contributed by atoms with van der Waals surface area (Å²) < 4.78 is 12.8. The summed E-state index contributed by atoms with van der Waals surface area (Å²) in [7, 11) is 0. The smallest absolute Gasteiger partial charge is 0.123 e. The number of benzene rings is 1. The van der Waals surface area contributed by atoms with Crippen molar-refractivity contribution in [2.24, 2.45) is 0 Å². The third-order valence-corrected chi connectivity index (χ3v) is 2.99. The van der Waals surface area contributed by atoms with Crippen molar-refractivity contribution in [1.29, 1.82) is 0 Å². The molecule has 81 valence electrons. The monoisotopic (exact) mass is 207 g/mol. The van der Waals surface area contributed by atoms with Gasteiger partial charge in [-0.2, -0.15) is 0 Å². The summed E-state index contributed by atoms with van der Waals surface area (Å²) >= 11 is 0. The normalized spacial score (nSPS) is 20.1. The molecule has 0 N–H and O–H groups in total. The molecular weight excluding hydrogens is 191 g/mol. The van der Waals surface area contributed by atoms with Crippen LogP contribution in [0.4, 0.5) is 4.39 Å². The first-order chi connectivity index (χ1) is 7.27. The molecule has 1 fully saturated rings. The first kappa shape index (κ1) is 10.6. The Balaban J connectivity index is 2.05. The van der Waals surface area contributed by atoms with Crippen LogP contribution in [-0.2, 0) is 0 Å². The van der Waals surface area contributed by atoms with Crippen LogP contribution in [0.1, 0.15) is 18.5 Å². The lowest BCUT2D eigenvalue weighted by molar-refractivity contribution is 0.183. The van der Waals surface area contributed by atoms with Crippen molar-refractivity contribution in [1.82, 2.24) is 10.2 Å². The predicted octanol–water partition coefficient (Wildman–Crippen LogP) is 1.81. The Labute approximate surface area is 90.1 Å². The maximum atomic E-state index is 12.8. The maximum absolute atomic E-state index is 12.8. The number of piperazine rings is 1. The van der Waals surface area contributed by atoms with E-state index in [1.807, 2.05) is 12.1 Å². The van der Waals surface area contributed by atoms with Gasteiger partial charge in [0.15, 0.2) is 0 Å². The lowest BCUT2D eigenvalue weighted by Crippen LogP contribution is -2.41. The number of hydrogen-bond donors (Lipinski definition) is 0. The predicted molar refractivity (Wildman–Crippen MR) is 58.3 cm³/mol. The zero-order valence-corrected chi connectivity index (χ0v) is 8.99. The van der Waals surface area contributed by atoms with Crippen LogP contribution in [0.5, 0.6) is 0 Å². The van der Waals surface area contributed by atoms with Crippen molar-refractivity contribution in [2.45, 2.75) is 13.0 Å². The van der Waals surface area contributed by atoms with Gasteiger partial charge in [0, 0.05) is 32.2 Å². The molecule has 15 heavy (non-hydrogen) atoms. The molecule has 1 unspecified atom stereocenters. The molecule has 1 radical (unpaired) electrons. The van der Waals surface area contributed by atoms with Crippen molar-refractivity contribution < 1.29 is 4.39 Å². The van der Waals surface area contributed by atoms with Crippen LogP contribution in [0.25, 0.3) is 0 Å². The van der Waals surface area contributed by atoms with Gasteiger partial charge >= 0.3 is 0 Å². The highest BCUT2D eigenvalue weighted by atomic mass is 19.1. The standard InChI is InChI=1S/C12H16FN2/c1-10(15-8-6-14-7-9-15)11-2-4-12(13)5-3-11/h2-5,10H,6-9H2,1H3. The molecule has 1 saturated heterocycles. The Morgan fingerprint density at radius 2 is 1.80 bits per heavy atom. The van der Waals surface area contributed by atoms with Gasteiger partial charge < -0.3 is 0 Å². The van der Waals surface area contributed by atoms with Crippen LogP contribution in [0, 0.1) is 5.82 Å². The van der Waals surface area contributed by atoms with E-state index in [0.717, 1.165) is 26.2 Å². The minimum Gasteiger partial charge on any atom is -0.294 e. The van der Waals surface area contributed by atoms with E-state index in [1.54, 1.807) is 0 Å². The highest BCUT2D eigenvalue weighted by molar-refractivity contribution is 5.19. The van der Waals surface area contributed by atoms with Gasteiger partial charge in [0.05, 0.1) is 0 Å². The largest absolute Gasteiger partial charge is 0.294 e. The summed E-state index contributed by atoms with van der Waals surface area (Å²) in [5, 5.41) is 4.32. The topological polar surface area (TPSA) is 17.3 Å². The molecule has 2 rings (SSSR count). The zero-order valence-electron chi connectivity index (χ0n) is 8.99. The third kappa shape index (κ3) is 2.55. The number of halogens is 1. The van der Waals surface area contributed by atoms with Gasteiger partial charge in [-0.15, -0.1) is 0 Å². The molecule has 0 aromatic heterocycles. The summed E-state index contributed by atoms with van der Waals surface area (Å²) in [4.78, 5) is 2.39. The Morgan fingerprint density at radius 1 is 1.20 bits per heavy atom. The summed E-state index contributed by atoms with van der Waals surface area (Å²) in [6.07, 6.45) is 0. The van der Waals surface area contributed by atoms with Crippen molar-refractivity contribution >= 4 is 0 Å². The van der Waals surface area contributed by atoms with Crippen LogP contribution >= 0.6 is 0 Å². The Hall–Kier alpha value is -0.930. The average molecular weight is 207 g/mol. The molecular formula is C12H16FN2. The highest BCUT2D eigenvalue weighted by Crippen LogP contribution is 2.20. The Kier molecular flexibility index (Phi) is 3.34. The van der Waals surface area contributed by atoms with Crippen LogP contribution in [0.2, 0.25) is 0 Å². The van der Waals surface area contributed by atoms with Crippen molar-refractivity contribution in [3.05, 3.63) is 35.6 Å². The molecule has 1 aromatic rings. The van der Waals surface area contributed by atoms with Crippen LogP contribution in [0.15, 0.2) is 24.3 Å². The Morgan fingerprint density at radius 3 is 2.40 bits per heavy atom. The van der Waals surface area contributed by atoms with E-state index in [2.05, 4.69) is 17.1 Å². The molecule has 1 atom stereocenters. The number of hydrogen-bond acceptors (Lipinski definition) is 1. The second kappa shape index (κ2) is 4.73. The van der Waals surface area contributed by atoms with E-state index >= 15 is 0 Å². The molecule has 3 heteroatoms. The first-order valence-electron chi connectivity index (χ1n) is 5.40. The molecule has 1 aromatic carbocycles. The van der Waals surface area contributed by atoms with E-state index in [9.17, 15) is 4.39 Å². The fourth-order valence-corrected chi connectivity index (χ4v) is 1.96. The SMILES string of the molecule is CC(c1ccc(F)cc1)N1CC[N]CC1. The summed E-state index contributed by atoms with van der Waals surface area (Å²) in [6, 6.07) is 7.15. The van der Waals surface area contributed by atoms with Crippen LogP contribution in [0.3, 0.4) is 0 Å². The molecule has 1 aliphatic rings.